The van der Waals surface area contributed by atoms with Crippen LogP contribution in [0.2, 0.25) is 0 Å². The standard InChI is InChI=1S/C19H23N3O3/c1-12(2)17(22-18(23)16-4-3-7-25-16)19(24)21-9-13-5-6-14-10-20-11-15(14)8-13/h3-8,12,17,20H,9-11H2,1-2H3,(H,21,24)(H,22,23). The fraction of sp³-hybridized carbons (Fsp3) is 0.368. The minimum atomic E-state index is -0.617. The number of furan rings is 1. The predicted molar refractivity (Wildman–Crippen MR) is 93.6 cm³/mol. The zero-order valence-corrected chi connectivity index (χ0v) is 14.5. The van der Waals surface area contributed by atoms with Crippen LogP contribution < -0.4 is 16.0 Å². The van der Waals surface area contributed by atoms with Gasteiger partial charge in [0.2, 0.25) is 5.91 Å². The molecule has 1 aromatic heterocycles. The highest BCUT2D eigenvalue weighted by Crippen LogP contribution is 2.17. The number of nitrogens with one attached hydrogen (secondary N) is 3. The van der Waals surface area contributed by atoms with Crippen LogP contribution in [0.3, 0.4) is 0 Å². The lowest BCUT2D eigenvalue weighted by atomic mass is 10.0. The normalized spacial score (nSPS) is 14.2. The molecule has 1 aromatic carbocycles. The van der Waals surface area contributed by atoms with Gasteiger partial charge in [0.05, 0.1) is 6.26 Å². The minimum Gasteiger partial charge on any atom is -0.459 e. The molecule has 3 N–H and O–H groups in total. The Hall–Kier alpha value is -2.60. The molecule has 132 valence electrons. The summed E-state index contributed by atoms with van der Waals surface area (Å²) in [6, 6.07) is 8.83. The third kappa shape index (κ3) is 4.09. The summed E-state index contributed by atoms with van der Waals surface area (Å²) in [6.07, 6.45) is 1.43. The molecule has 6 nitrogen and oxygen atoms in total. The molecule has 1 aliphatic heterocycles. The molecule has 1 atom stereocenters. The molecule has 0 spiro atoms. The van der Waals surface area contributed by atoms with Gasteiger partial charge in [-0.15, -0.1) is 0 Å². The average Bonchev–Trinajstić information content (AvgIpc) is 3.27. The summed E-state index contributed by atoms with van der Waals surface area (Å²) in [5.41, 5.74) is 3.63. The molecule has 1 unspecified atom stereocenters. The molecule has 2 amide bonds. The van der Waals surface area contributed by atoms with E-state index >= 15 is 0 Å². The Morgan fingerprint density at radius 3 is 2.72 bits per heavy atom. The van der Waals surface area contributed by atoms with Crippen molar-refractivity contribution < 1.29 is 14.0 Å². The second kappa shape index (κ2) is 7.53. The SMILES string of the molecule is CC(C)C(NC(=O)c1ccco1)C(=O)NCc1ccc2c(c1)CNC2. The Kier molecular flexibility index (Phi) is 5.19. The molecule has 25 heavy (non-hydrogen) atoms. The van der Waals surface area contributed by atoms with E-state index in [-0.39, 0.29) is 23.5 Å². The second-order valence-electron chi connectivity index (χ2n) is 6.60. The second-order valence-corrected chi connectivity index (χ2v) is 6.60. The number of hydrogen-bond acceptors (Lipinski definition) is 4. The number of rotatable bonds is 6. The van der Waals surface area contributed by atoms with E-state index in [2.05, 4.69) is 28.1 Å². The number of fused-ring (bicyclic) bond motifs is 1. The number of benzene rings is 1. The van der Waals surface area contributed by atoms with Crippen LogP contribution in [0.4, 0.5) is 0 Å². The van der Waals surface area contributed by atoms with Crippen LogP contribution in [0, 0.1) is 5.92 Å². The molecule has 3 rings (SSSR count). The summed E-state index contributed by atoms with van der Waals surface area (Å²) in [4.78, 5) is 24.7. The summed E-state index contributed by atoms with van der Waals surface area (Å²) in [5, 5.41) is 8.96. The maximum absolute atomic E-state index is 12.5. The van der Waals surface area contributed by atoms with Crippen molar-refractivity contribution in [3.63, 3.8) is 0 Å². The molecular weight excluding hydrogens is 318 g/mol. The summed E-state index contributed by atoms with van der Waals surface area (Å²) in [7, 11) is 0. The lowest BCUT2D eigenvalue weighted by molar-refractivity contribution is -0.124. The Labute approximate surface area is 147 Å². The van der Waals surface area contributed by atoms with E-state index in [0.29, 0.717) is 6.54 Å². The molecule has 0 saturated heterocycles. The molecule has 2 aromatic rings. The van der Waals surface area contributed by atoms with Crippen LogP contribution in [0.1, 0.15) is 41.1 Å². The van der Waals surface area contributed by atoms with Gasteiger partial charge in [0.15, 0.2) is 5.76 Å². The van der Waals surface area contributed by atoms with Crippen LogP contribution in [0.25, 0.3) is 0 Å². The topological polar surface area (TPSA) is 83.4 Å². The van der Waals surface area contributed by atoms with Crippen molar-refractivity contribution in [1.29, 1.82) is 0 Å². The Morgan fingerprint density at radius 1 is 1.20 bits per heavy atom. The van der Waals surface area contributed by atoms with Gasteiger partial charge in [-0.25, -0.2) is 0 Å². The van der Waals surface area contributed by atoms with Crippen molar-refractivity contribution in [2.75, 3.05) is 0 Å². The van der Waals surface area contributed by atoms with E-state index in [1.165, 1.54) is 17.4 Å². The summed E-state index contributed by atoms with van der Waals surface area (Å²) >= 11 is 0. The third-order valence-corrected chi connectivity index (χ3v) is 4.35. The highest BCUT2D eigenvalue weighted by Gasteiger charge is 2.25. The zero-order valence-electron chi connectivity index (χ0n) is 14.5. The fourth-order valence-corrected chi connectivity index (χ4v) is 2.91. The van der Waals surface area contributed by atoms with Crippen molar-refractivity contribution in [1.82, 2.24) is 16.0 Å². The third-order valence-electron chi connectivity index (χ3n) is 4.35. The molecule has 1 aliphatic rings. The van der Waals surface area contributed by atoms with E-state index in [9.17, 15) is 9.59 Å². The zero-order chi connectivity index (χ0) is 17.8. The van der Waals surface area contributed by atoms with E-state index in [1.54, 1.807) is 12.1 Å². The van der Waals surface area contributed by atoms with Gasteiger partial charge in [-0.3, -0.25) is 9.59 Å². The lowest BCUT2D eigenvalue weighted by Crippen LogP contribution is -2.49. The summed E-state index contributed by atoms with van der Waals surface area (Å²) < 4.78 is 5.08. The van der Waals surface area contributed by atoms with Crippen molar-refractivity contribution in [3.05, 3.63) is 59.0 Å². The van der Waals surface area contributed by atoms with Crippen molar-refractivity contribution in [2.24, 2.45) is 5.92 Å². The maximum Gasteiger partial charge on any atom is 0.287 e. The number of amides is 2. The van der Waals surface area contributed by atoms with Crippen LogP contribution in [-0.4, -0.2) is 17.9 Å². The number of carbonyl (C=O) groups is 2. The van der Waals surface area contributed by atoms with Crippen molar-refractivity contribution in [2.45, 2.75) is 39.5 Å². The monoisotopic (exact) mass is 341 g/mol. The summed E-state index contributed by atoms with van der Waals surface area (Å²) in [6.45, 7) is 5.99. The Bertz CT molecular complexity index is 753. The van der Waals surface area contributed by atoms with E-state index < -0.39 is 6.04 Å². The van der Waals surface area contributed by atoms with Gasteiger partial charge in [0, 0.05) is 19.6 Å². The minimum absolute atomic E-state index is 0.0388. The molecular formula is C19H23N3O3. The first-order chi connectivity index (χ1) is 12.0. The van der Waals surface area contributed by atoms with Gasteiger partial charge in [-0.1, -0.05) is 32.0 Å². The highest BCUT2D eigenvalue weighted by molar-refractivity contribution is 5.95. The number of carbonyl (C=O) groups excluding carboxylic acids is 2. The molecule has 0 saturated carbocycles. The largest absolute Gasteiger partial charge is 0.459 e. The van der Waals surface area contributed by atoms with Gasteiger partial charge < -0.3 is 20.4 Å². The molecule has 0 bridgehead atoms. The average molecular weight is 341 g/mol. The smallest absolute Gasteiger partial charge is 0.287 e. The quantitative estimate of drug-likeness (QED) is 0.750. The molecule has 2 heterocycles. The summed E-state index contributed by atoms with van der Waals surface area (Å²) in [5.74, 6) is -0.427. The van der Waals surface area contributed by atoms with Gasteiger partial charge in [0.25, 0.3) is 5.91 Å². The van der Waals surface area contributed by atoms with Gasteiger partial charge >= 0.3 is 0 Å². The van der Waals surface area contributed by atoms with Crippen LogP contribution in [0.5, 0.6) is 0 Å². The Morgan fingerprint density at radius 2 is 2.00 bits per heavy atom. The highest BCUT2D eigenvalue weighted by atomic mass is 16.3. The van der Waals surface area contributed by atoms with Crippen LogP contribution in [0.15, 0.2) is 41.0 Å². The molecule has 0 radical (unpaired) electrons. The van der Waals surface area contributed by atoms with E-state index in [0.717, 1.165) is 18.7 Å². The first kappa shape index (κ1) is 17.2. The van der Waals surface area contributed by atoms with E-state index in [1.807, 2.05) is 19.9 Å². The van der Waals surface area contributed by atoms with Crippen molar-refractivity contribution >= 4 is 11.8 Å². The van der Waals surface area contributed by atoms with Crippen LogP contribution in [-0.2, 0) is 24.4 Å². The molecule has 0 aliphatic carbocycles. The van der Waals surface area contributed by atoms with Crippen LogP contribution >= 0.6 is 0 Å². The molecule has 6 heteroatoms. The number of hydrogen-bond donors (Lipinski definition) is 3. The maximum atomic E-state index is 12.5. The van der Waals surface area contributed by atoms with E-state index in [4.69, 9.17) is 4.42 Å². The Balaban J connectivity index is 1.60. The van der Waals surface area contributed by atoms with Gasteiger partial charge in [0.1, 0.15) is 6.04 Å². The predicted octanol–water partition coefficient (Wildman–Crippen LogP) is 1.95. The van der Waals surface area contributed by atoms with Gasteiger partial charge in [-0.2, -0.15) is 0 Å². The lowest BCUT2D eigenvalue weighted by Gasteiger charge is -2.21. The fourth-order valence-electron chi connectivity index (χ4n) is 2.91. The van der Waals surface area contributed by atoms with Gasteiger partial charge in [-0.05, 0) is 34.7 Å². The first-order valence-corrected chi connectivity index (χ1v) is 8.48. The molecule has 0 fully saturated rings. The van der Waals surface area contributed by atoms with Crippen molar-refractivity contribution in [3.8, 4) is 0 Å². The first-order valence-electron chi connectivity index (χ1n) is 8.48.